The van der Waals surface area contributed by atoms with Crippen molar-refractivity contribution < 1.29 is 23.6 Å². The van der Waals surface area contributed by atoms with Gasteiger partial charge < -0.3 is 20.2 Å². The second-order valence-corrected chi connectivity index (χ2v) is 9.94. The maximum atomic E-state index is 13.5. The van der Waals surface area contributed by atoms with Gasteiger partial charge >= 0.3 is 5.76 Å². The Morgan fingerprint density at radius 3 is 2.83 bits per heavy atom. The van der Waals surface area contributed by atoms with Crippen LogP contribution in [0.25, 0.3) is 28.3 Å². The minimum Gasteiger partial charge on any atom is -0.492 e. The summed E-state index contributed by atoms with van der Waals surface area (Å²) in [6.07, 6.45) is 2.61. The van der Waals surface area contributed by atoms with Crippen molar-refractivity contribution in [2.24, 2.45) is 0 Å². The predicted molar refractivity (Wildman–Crippen MR) is 146 cm³/mol. The fourth-order valence-corrected chi connectivity index (χ4v) is 5.22. The molecule has 2 aromatic carbocycles. The zero-order valence-electron chi connectivity index (χ0n) is 22.0. The van der Waals surface area contributed by atoms with Gasteiger partial charge in [0.05, 0.1) is 12.2 Å². The van der Waals surface area contributed by atoms with Crippen LogP contribution in [0.1, 0.15) is 56.0 Å². The summed E-state index contributed by atoms with van der Waals surface area (Å²) in [4.78, 5) is 53.0. The molecule has 14 nitrogen and oxygen atoms in total. The molecule has 0 radical (unpaired) electrons. The molecule has 0 saturated heterocycles. The topological polar surface area (TPSA) is 194 Å². The number of hydrogen-bond acceptors (Lipinski definition) is 10. The van der Waals surface area contributed by atoms with Gasteiger partial charge in [-0.15, -0.1) is 0 Å². The lowest BCUT2D eigenvalue weighted by Gasteiger charge is -2.15. The van der Waals surface area contributed by atoms with Crippen LogP contribution in [-0.4, -0.2) is 46.4 Å². The summed E-state index contributed by atoms with van der Waals surface area (Å²) in [5.74, 6) is -1.08. The van der Waals surface area contributed by atoms with Gasteiger partial charge in [-0.25, -0.2) is 14.8 Å². The summed E-state index contributed by atoms with van der Waals surface area (Å²) in [5, 5.41) is 19.6. The van der Waals surface area contributed by atoms with Crippen LogP contribution in [-0.2, 0) is 13.0 Å². The fraction of sp³-hybridized carbons (Fsp3) is 0.179. The number of oxazole rings is 1. The van der Waals surface area contributed by atoms with Crippen LogP contribution in [0.15, 0.2) is 62.4 Å². The molecule has 1 atom stereocenters. The standard InChI is InChI=1S/C28H22N8O6/c1-13-30-19-8-14(2-7-22(19)41-13)11-29-25(38)20-10-21(36-12-23(37)33-27(36)32-20)26(39)31-18-6-4-15-9-16(3-5-17(15)18)24-34-28(40)42-35-24/h2-3,5,7-10,12,18,37H,4,6,11H2,1H3,(H,29,38)(H,31,39)(H,34,35,40)/t18-/m0/s1. The molecule has 4 heterocycles. The highest BCUT2D eigenvalue weighted by Gasteiger charge is 2.27. The first-order valence-electron chi connectivity index (χ1n) is 13.0. The number of rotatable bonds is 6. The van der Waals surface area contributed by atoms with Crippen molar-refractivity contribution in [1.82, 2.24) is 40.1 Å². The number of hydrogen-bond donors (Lipinski definition) is 4. The Kier molecular flexibility index (Phi) is 5.81. The molecular formula is C28H22N8O6. The summed E-state index contributed by atoms with van der Waals surface area (Å²) in [6, 6.07) is 12.1. The number of aromatic nitrogens is 6. The van der Waals surface area contributed by atoms with Crippen molar-refractivity contribution in [3.8, 4) is 17.3 Å². The molecule has 210 valence electrons. The maximum Gasteiger partial charge on any atom is 0.439 e. The molecule has 0 spiro atoms. The first-order chi connectivity index (χ1) is 20.3. The van der Waals surface area contributed by atoms with E-state index in [4.69, 9.17) is 4.42 Å². The van der Waals surface area contributed by atoms with Crippen LogP contribution in [0.2, 0.25) is 0 Å². The van der Waals surface area contributed by atoms with Gasteiger partial charge in [0.15, 0.2) is 17.3 Å². The van der Waals surface area contributed by atoms with E-state index in [2.05, 4.69) is 40.2 Å². The molecule has 7 rings (SSSR count). The monoisotopic (exact) mass is 566 g/mol. The summed E-state index contributed by atoms with van der Waals surface area (Å²) in [5.41, 5.74) is 4.82. The molecule has 42 heavy (non-hydrogen) atoms. The highest BCUT2D eigenvalue weighted by molar-refractivity contribution is 5.98. The number of carbonyl (C=O) groups excluding carboxylic acids is 2. The van der Waals surface area contributed by atoms with E-state index in [0.717, 1.165) is 16.7 Å². The van der Waals surface area contributed by atoms with Crippen LogP contribution >= 0.6 is 0 Å². The van der Waals surface area contributed by atoms with Crippen LogP contribution in [0.3, 0.4) is 0 Å². The number of H-pyrrole nitrogens is 1. The van der Waals surface area contributed by atoms with Crippen LogP contribution in [0.4, 0.5) is 0 Å². The number of nitrogens with zero attached hydrogens (tertiary/aromatic N) is 5. The van der Waals surface area contributed by atoms with Crippen molar-refractivity contribution in [2.45, 2.75) is 32.4 Å². The van der Waals surface area contributed by atoms with Gasteiger partial charge in [-0.05, 0) is 53.8 Å². The highest BCUT2D eigenvalue weighted by Crippen LogP contribution is 2.34. The van der Waals surface area contributed by atoms with Crippen molar-refractivity contribution in [3.63, 3.8) is 0 Å². The largest absolute Gasteiger partial charge is 0.492 e. The third kappa shape index (κ3) is 4.54. The summed E-state index contributed by atoms with van der Waals surface area (Å²) >= 11 is 0. The molecule has 6 aromatic rings. The van der Waals surface area contributed by atoms with Gasteiger partial charge in [-0.2, -0.15) is 4.98 Å². The van der Waals surface area contributed by atoms with E-state index in [1.165, 1.54) is 16.7 Å². The van der Waals surface area contributed by atoms with Crippen molar-refractivity contribution in [3.05, 3.63) is 93.2 Å². The first-order valence-corrected chi connectivity index (χ1v) is 13.0. The van der Waals surface area contributed by atoms with E-state index in [1.54, 1.807) is 19.1 Å². The van der Waals surface area contributed by atoms with Crippen LogP contribution in [0, 0.1) is 6.92 Å². The highest BCUT2D eigenvalue weighted by atomic mass is 16.5. The fourth-order valence-electron chi connectivity index (χ4n) is 5.22. The third-order valence-corrected chi connectivity index (χ3v) is 7.15. The number of aryl methyl sites for hydroxylation is 2. The van der Waals surface area contributed by atoms with E-state index in [9.17, 15) is 19.5 Å². The molecule has 4 N–H and O–H groups in total. The molecule has 0 bridgehead atoms. The number of fused-ring (bicyclic) bond motifs is 3. The predicted octanol–water partition coefficient (Wildman–Crippen LogP) is 2.58. The molecule has 14 heteroatoms. The zero-order chi connectivity index (χ0) is 29.0. The second kappa shape index (κ2) is 9.69. The van der Waals surface area contributed by atoms with Crippen LogP contribution < -0.4 is 16.4 Å². The number of carbonyl (C=O) groups is 2. The van der Waals surface area contributed by atoms with Gasteiger partial charge in [0.1, 0.15) is 16.9 Å². The minimum absolute atomic E-state index is 0.00265. The molecular weight excluding hydrogens is 544 g/mol. The second-order valence-electron chi connectivity index (χ2n) is 9.94. The number of amides is 2. The number of nitrogens with one attached hydrogen (secondary N) is 3. The van der Waals surface area contributed by atoms with Gasteiger partial charge in [0.2, 0.25) is 11.7 Å². The lowest BCUT2D eigenvalue weighted by atomic mass is 10.0. The molecule has 0 saturated carbocycles. The molecule has 4 aromatic heterocycles. The normalized spacial score (nSPS) is 14.4. The van der Waals surface area contributed by atoms with Crippen molar-refractivity contribution in [1.29, 1.82) is 0 Å². The summed E-state index contributed by atoms with van der Waals surface area (Å²) in [6.45, 7) is 1.95. The molecule has 0 unspecified atom stereocenters. The van der Waals surface area contributed by atoms with Crippen molar-refractivity contribution >= 4 is 28.7 Å². The Balaban J connectivity index is 1.12. The van der Waals surface area contributed by atoms with E-state index in [0.29, 0.717) is 41.2 Å². The Labute approximate surface area is 235 Å². The third-order valence-electron chi connectivity index (χ3n) is 7.15. The molecule has 2 amide bonds. The smallest absolute Gasteiger partial charge is 0.439 e. The van der Waals surface area contributed by atoms with E-state index in [-0.39, 0.29) is 35.6 Å². The Hall–Kier alpha value is -5.79. The quantitative estimate of drug-likeness (QED) is 0.233. The zero-order valence-corrected chi connectivity index (χ0v) is 22.0. The van der Waals surface area contributed by atoms with Crippen molar-refractivity contribution in [2.75, 3.05) is 0 Å². The van der Waals surface area contributed by atoms with Gasteiger partial charge in [-0.1, -0.05) is 23.4 Å². The average Bonchev–Trinajstić information content (AvgIpc) is 3.75. The molecule has 1 aliphatic rings. The Bertz CT molecular complexity index is 2090. The molecule has 1 aliphatic carbocycles. The number of aromatic hydroxyl groups is 1. The Morgan fingerprint density at radius 1 is 1.12 bits per heavy atom. The van der Waals surface area contributed by atoms with Gasteiger partial charge in [-0.3, -0.25) is 23.5 Å². The van der Waals surface area contributed by atoms with Crippen LogP contribution in [0.5, 0.6) is 5.88 Å². The average molecular weight is 567 g/mol. The lowest BCUT2D eigenvalue weighted by Crippen LogP contribution is -2.30. The molecule has 0 fully saturated rings. The lowest BCUT2D eigenvalue weighted by molar-refractivity contribution is 0.0930. The van der Waals surface area contributed by atoms with Gasteiger partial charge in [0.25, 0.3) is 11.8 Å². The summed E-state index contributed by atoms with van der Waals surface area (Å²) in [7, 11) is 0. The number of imidazole rings is 1. The Morgan fingerprint density at radius 2 is 2.00 bits per heavy atom. The maximum absolute atomic E-state index is 13.5. The molecule has 0 aliphatic heterocycles. The van der Waals surface area contributed by atoms with E-state index < -0.39 is 17.6 Å². The minimum atomic E-state index is -0.638. The number of benzene rings is 2. The first kappa shape index (κ1) is 25.2. The SMILES string of the molecule is Cc1nc2cc(CNC(=O)c3cc(C(=O)N[C@H]4CCc5cc(-c6noc(=O)[nH]6)ccc54)n4cc(O)nc4n3)ccc2o1. The van der Waals surface area contributed by atoms with Gasteiger partial charge in [0, 0.05) is 19.0 Å². The van der Waals surface area contributed by atoms with E-state index >= 15 is 0 Å². The van der Waals surface area contributed by atoms with E-state index in [1.807, 2.05) is 24.3 Å². The number of aromatic amines is 1. The summed E-state index contributed by atoms with van der Waals surface area (Å²) < 4.78 is 11.4.